The maximum atomic E-state index is 10.6. The molecule has 1 fully saturated rings. The number of carboxylic acids is 1. The Bertz CT molecular complexity index is 414. The lowest BCUT2D eigenvalue weighted by atomic mass is 10.2. The van der Waals surface area contributed by atoms with Crippen molar-refractivity contribution in [3.05, 3.63) is 29.6 Å². The fourth-order valence-corrected chi connectivity index (χ4v) is 2.19. The fourth-order valence-electron chi connectivity index (χ4n) is 2.19. The first-order valence-corrected chi connectivity index (χ1v) is 6.22. The molecular weight excluding hydrogens is 230 g/mol. The lowest BCUT2D eigenvalue weighted by molar-refractivity contribution is -0.138. The molecule has 18 heavy (non-hydrogen) atoms. The molecule has 5 nitrogen and oxygen atoms in total. The van der Waals surface area contributed by atoms with E-state index in [0.29, 0.717) is 0 Å². The molecule has 0 unspecified atom stereocenters. The van der Waals surface area contributed by atoms with Crippen molar-refractivity contribution in [2.45, 2.75) is 13.5 Å². The van der Waals surface area contributed by atoms with Gasteiger partial charge in [0.15, 0.2) is 0 Å². The first kappa shape index (κ1) is 13.0. The molecule has 0 saturated carbocycles. The first-order chi connectivity index (χ1) is 8.65. The van der Waals surface area contributed by atoms with Gasteiger partial charge in [0.25, 0.3) is 0 Å². The molecule has 2 rings (SSSR count). The zero-order valence-electron chi connectivity index (χ0n) is 10.7. The van der Waals surface area contributed by atoms with Gasteiger partial charge < -0.3 is 5.11 Å². The Kier molecular flexibility index (Phi) is 4.28. The van der Waals surface area contributed by atoms with Crippen LogP contribution >= 0.6 is 0 Å². The average molecular weight is 249 g/mol. The molecule has 1 saturated heterocycles. The number of carboxylic acid groups (broad SMARTS) is 1. The second-order valence-electron chi connectivity index (χ2n) is 4.71. The molecule has 0 aliphatic carbocycles. The molecule has 1 aliphatic heterocycles. The van der Waals surface area contributed by atoms with Gasteiger partial charge in [-0.2, -0.15) is 0 Å². The van der Waals surface area contributed by atoms with Gasteiger partial charge in [-0.15, -0.1) is 0 Å². The van der Waals surface area contributed by atoms with Crippen LogP contribution in [0.1, 0.15) is 11.3 Å². The number of aryl methyl sites for hydroxylation is 1. The summed E-state index contributed by atoms with van der Waals surface area (Å²) in [6.45, 7) is 6.52. The van der Waals surface area contributed by atoms with Gasteiger partial charge in [0, 0.05) is 38.9 Å². The second kappa shape index (κ2) is 5.93. The molecule has 5 heteroatoms. The van der Waals surface area contributed by atoms with E-state index in [2.05, 4.69) is 22.9 Å². The smallest absolute Gasteiger partial charge is 0.317 e. The summed E-state index contributed by atoms with van der Waals surface area (Å²) in [5.74, 6) is -0.746. The largest absolute Gasteiger partial charge is 0.480 e. The van der Waals surface area contributed by atoms with Crippen LogP contribution in [-0.4, -0.2) is 58.6 Å². The van der Waals surface area contributed by atoms with Gasteiger partial charge in [0.1, 0.15) is 0 Å². The third kappa shape index (κ3) is 3.51. The highest BCUT2D eigenvalue weighted by Crippen LogP contribution is 2.09. The standard InChI is InChI=1S/C13H19N3O2/c1-11-3-2-4-14-12(11)9-15-5-7-16(8-6-15)10-13(17)18/h2-4H,5-10H2,1H3,(H,17,18). The van der Waals surface area contributed by atoms with Gasteiger partial charge in [-0.25, -0.2) is 0 Å². The highest BCUT2D eigenvalue weighted by Gasteiger charge is 2.19. The fraction of sp³-hybridized carbons (Fsp3) is 0.538. The number of nitrogens with zero attached hydrogens (tertiary/aromatic N) is 3. The van der Waals surface area contributed by atoms with Crippen LogP contribution in [0.5, 0.6) is 0 Å². The van der Waals surface area contributed by atoms with Crippen molar-refractivity contribution >= 4 is 5.97 Å². The van der Waals surface area contributed by atoms with Gasteiger partial charge >= 0.3 is 5.97 Å². The Morgan fingerprint density at radius 1 is 1.33 bits per heavy atom. The van der Waals surface area contributed by atoms with Crippen LogP contribution in [0, 0.1) is 6.92 Å². The quantitative estimate of drug-likeness (QED) is 0.846. The second-order valence-corrected chi connectivity index (χ2v) is 4.71. The summed E-state index contributed by atoms with van der Waals surface area (Å²) >= 11 is 0. The van der Waals surface area contributed by atoms with Crippen LogP contribution in [0.2, 0.25) is 0 Å². The molecule has 1 N–H and O–H groups in total. The van der Waals surface area contributed by atoms with Crippen molar-refractivity contribution < 1.29 is 9.90 Å². The number of aliphatic carboxylic acids is 1. The molecule has 0 atom stereocenters. The number of hydrogen-bond acceptors (Lipinski definition) is 4. The van der Waals surface area contributed by atoms with E-state index < -0.39 is 5.97 Å². The Morgan fingerprint density at radius 2 is 2.00 bits per heavy atom. The molecule has 1 aromatic rings. The Balaban J connectivity index is 1.84. The number of hydrogen-bond donors (Lipinski definition) is 1. The normalized spacial score (nSPS) is 17.8. The summed E-state index contributed by atoms with van der Waals surface area (Å²) in [5.41, 5.74) is 2.33. The molecule has 98 valence electrons. The van der Waals surface area contributed by atoms with Crippen molar-refractivity contribution in [2.75, 3.05) is 32.7 Å². The third-order valence-electron chi connectivity index (χ3n) is 3.32. The predicted octanol–water partition coefficient (Wildman–Crippen LogP) is 0.592. The lowest BCUT2D eigenvalue weighted by Gasteiger charge is -2.33. The minimum atomic E-state index is -0.746. The Hall–Kier alpha value is -1.46. The van der Waals surface area contributed by atoms with Gasteiger partial charge in [0.05, 0.1) is 12.2 Å². The maximum absolute atomic E-state index is 10.6. The van der Waals surface area contributed by atoms with Crippen molar-refractivity contribution in [1.29, 1.82) is 0 Å². The summed E-state index contributed by atoms with van der Waals surface area (Å²) < 4.78 is 0. The molecule has 0 amide bonds. The van der Waals surface area contributed by atoms with Gasteiger partial charge in [0.2, 0.25) is 0 Å². The number of piperazine rings is 1. The number of pyridine rings is 1. The van der Waals surface area contributed by atoms with Crippen molar-refractivity contribution in [3.8, 4) is 0 Å². The minimum absolute atomic E-state index is 0.149. The van der Waals surface area contributed by atoms with Crippen molar-refractivity contribution in [3.63, 3.8) is 0 Å². The highest BCUT2D eigenvalue weighted by molar-refractivity contribution is 5.69. The summed E-state index contributed by atoms with van der Waals surface area (Å²) in [6.07, 6.45) is 1.82. The summed E-state index contributed by atoms with van der Waals surface area (Å²) in [4.78, 5) is 19.3. The molecule has 0 aromatic carbocycles. The number of aromatic nitrogens is 1. The summed E-state index contributed by atoms with van der Waals surface area (Å²) in [6, 6.07) is 4.02. The minimum Gasteiger partial charge on any atom is -0.480 e. The van der Waals surface area contributed by atoms with Gasteiger partial charge in [-0.3, -0.25) is 19.6 Å². The maximum Gasteiger partial charge on any atom is 0.317 e. The van der Waals surface area contributed by atoms with Gasteiger partial charge in [-0.1, -0.05) is 6.07 Å². The van der Waals surface area contributed by atoms with Crippen LogP contribution in [0.15, 0.2) is 18.3 Å². The molecule has 0 bridgehead atoms. The zero-order valence-corrected chi connectivity index (χ0v) is 10.7. The molecular formula is C13H19N3O2. The molecule has 0 radical (unpaired) electrons. The van der Waals surface area contributed by atoms with Crippen LogP contribution in [0.3, 0.4) is 0 Å². The number of carbonyl (C=O) groups is 1. The molecule has 0 spiro atoms. The van der Waals surface area contributed by atoms with E-state index >= 15 is 0 Å². The van der Waals surface area contributed by atoms with Crippen LogP contribution < -0.4 is 0 Å². The highest BCUT2D eigenvalue weighted by atomic mass is 16.4. The Labute approximate surface area is 107 Å². The van der Waals surface area contributed by atoms with E-state index in [9.17, 15) is 4.79 Å². The van der Waals surface area contributed by atoms with E-state index in [1.165, 1.54) is 5.56 Å². The van der Waals surface area contributed by atoms with Crippen LogP contribution in [0.25, 0.3) is 0 Å². The van der Waals surface area contributed by atoms with E-state index in [4.69, 9.17) is 5.11 Å². The summed E-state index contributed by atoms with van der Waals surface area (Å²) in [7, 11) is 0. The topological polar surface area (TPSA) is 56.7 Å². The Morgan fingerprint density at radius 3 is 2.61 bits per heavy atom. The van der Waals surface area contributed by atoms with Crippen molar-refractivity contribution in [1.82, 2.24) is 14.8 Å². The van der Waals surface area contributed by atoms with E-state index in [-0.39, 0.29) is 6.54 Å². The van der Waals surface area contributed by atoms with Crippen LogP contribution in [0.4, 0.5) is 0 Å². The number of rotatable bonds is 4. The zero-order chi connectivity index (χ0) is 13.0. The van der Waals surface area contributed by atoms with Gasteiger partial charge in [-0.05, 0) is 18.6 Å². The SMILES string of the molecule is Cc1cccnc1CN1CCN(CC(=O)O)CC1. The molecule has 1 aliphatic rings. The lowest BCUT2D eigenvalue weighted by Crippen LogP contribution is -2.47. The predicted molar refractivity (Wildman–Crippen MR) is 68.3 cm³/mol. The van der Waals surface area contributed by atoms with E-state index in [1.807, 2.05) is 17.2 Å². The van der Waals surface area contributed by atoms with Crippen LogP contribution in [-0.2, 0) is 11.3 Å². The van der Waals surface area contributed by atoms with Crippen molar-refractivity contribution in [2.24, 2.45) is 0 Å². The molecule has 1 aromatic heterocycles. The third-order valence-corrected chi connectivity index (χ3v) is 3.32. The van der Waals surface area contributed by atoms with E-state index in [1.54, 1.807) is 0 Å². The first-order valence-electron chi connectivity index (χ1n) is 6.22. The monoisotopic (exact) mass is 249 g/mol. The average Bonchev–Trinajstić information content (AvgIpc) is 2.34. The van der Waals surface area contributed by atoms with E-state index in [0.717, 1.165) is 38.4 Å². The molecule has 2 heterocycles. The summed E-state index contributed by atoms with van der Waals surface area (Å²) in [5, 5.41) is 8.74.